The minimum Gasteiger partial charge on any atom is -0.496 e. The van der Waals surface area contributed by atoms with E-state index in [2.05, 4.69) is 10.1 Å². The zero-order valence-electron chi connectivity index (χ0n) is 10.9. The van der Waals surface area contributed by atoms with Crippen LogP contribution in [0.3, 0.4) is 0 Å². The molecule has 0 amide bonds. The Kier molecular flexibility index (Phi) is 4.07. The molecule has 0 bridgehead atoms. The normalized spacial score (nSPS) is 10.8. The summed E-state index contributed by atoms with van der Waals surface area (Å²) in [6.07, 6.45) is -3.63. The molecule has 0 aliphatic heterocycles. The largest absolute Gasteiger partial charge is 0.496 e. The second kappa shape index (κ2) is 5.77. The highest BCUT2D eigenvalue weighted by Crippen LogP contribution is 2.28. The molecule has 0 unspecified atom stereocenters. The van der Waals surface area contributed by atoms with E-state index < -0.39 is 18.6 Å². The summed E-state index contributed by atoms with van der Waals surface area (Å²) in [4.78, 5) is 14.9. The van der Waals surface area contributed by atoms with Crippen LogP contribution in [0.25, 0.3) is 11.4 Å². The Hall–Kier alpha value is -2.31. The number of halogens is 2. The number of nitrogens with zero attached hydrogens (tertiary/aromatic N) is 2. The van der Waals surface area contributed by atoms with E-state index in [-0.39, 0.29) is 11.7 Å². The highest BCUT2D eigenvalue weighted by atomic mass is 19.3. The quantitative estimate of drug-likeness (QED) is 0.842. The Morgan fingerprint density at radius 2 is 2.20 bits per heavy atom. The number of alkyl halides is 2. The summed E-state index contributed by atoms with van der Waals surface area (Å²) in [5, 5.41) is 3.67. The number of benzene rings is 1. The molecule has 0 aliphatic rings. The van der Waals surface area contributed by atoms with Crippen LogP contribution < -0.4 is 4.74 Å². The number of Topliss-reactive ketones (excluding diaryl/α,β-unsaturated/α-hetero) is 1. The standard InChI is InChI=1S/C13H12F2N2O3/c1-7-3-4-8(10(5-7)19-2)13-16-11(20-17-13)6-9(18)12(14)15/h3-5,12H,6H2,1-2H3. The first-order chi connectivity index (χ1) is 9.51. The number of aryl methyl sites for hydroxylation is 1. The lowest BCUT2D eigenvalue weighted by Gasteiger charge is -2.05. The van der Waals surface area contributed by atoms with E-state index in [4.69, 9.17) is 9.26 Å². The van der Waals surface area contributed by atoms with E-state index in [1.165, 1.54) is 7.11 Å². The zero-order chi connectivity index (χ0) is 14.7. The molecular formula is C13H12F2N2O3. The molecule has 0 saturated carbocycles. The molecule has 0 saturated heterocycles. The number of ketones is 1. The number of carbonyl (C=O) groups is 1. The van der Waals surface area contributed by atoms with E-state index in [0.717, 1.165) is 5.56 Å². The number of ether oxygens (including phenoxy) is 1. The summed E-state index contributed by atoms with van der Waals surface area (Å²) in [5.74, 6) is -0.666. The maximum absolute atomic E-state index is 12.1. The van der Waals surface area contributed by atoms with Gasteiger partial charge in [-0.15, -0.1) is 0 Å². The lowest BCUT2D eigenvalue weighted by molar-refractivity contribution is -0.129. The summed E-state index contributed by atoms with van der Waals surface area (Å²) in [6.45, 7) is 1.90. The van der Waals surface area contributed by atoms with E-state index in [1.54, 1.807) is 12.1 Å². The Morgan fingerprint density at radius 3 is 2.85 bits per heavy atom. The van der Waals surface area contributed by atoms with Gasteiger partial charge >= 0.3 is 0 Å². The fourth-order valence-electron chi connectivity index (χ4n) is 1.65. The Morgan fingerprint density at radius 1 is 1.45 bits per heavy atom. The molecule has 0 radical (unpaired) electrons. The number of hydrogen-bond donors (Lipinski definition) is 0. The minimum absolute atomic E-state index is 0.145. The van der Waals surface area contributed by atoms with Crippen LogP contribution in [-0.2, 0) is 11.2 Å². The topological polar surface area (TPSA) is 65.2 Å². The van der Waals surface area contributed by atoms with E-state index >= 15 is 0 Å². The Balaban J connectivity index is 2.27. The second-order valence-electron chi connectivity index (χ2n) is 4.16. The monoisotopic (exact) mass is 282 g/mol. The third kappa shape index (κ3) is 2.98. The lowest BCUT2D eigenvalue weighted by Crippen LogP contribution is -2.12. The average Bonchev–Trinajstić information content (AvgIpc) is 2.86. The molecule has 20 heavy (non-hydrogen) atoms. The molecule has 5 nitrogen and oxygen atoms in total. The lowest BCUT2D eigenvalue weighted by atomic mass is 10.1. The Bertz CT molecular complexity index is 626. The first-order valence-corrected chi connectivity index (χ1v) is 5.79. The molecule has 1 aromatic heterocycles. The van der Waals surface area contributed by atoms with Crippen LogP contribution in [0, 0.1) is 6.92 Å². The van der Waals surface area contributed by atoms with Gasteiger partial charge < -0.3 is 9.26 Å². The van der Waals surface area contributed by atoms with Gasteiger partial charge in [0.15, 0.2) is 0 Å². The zero-order valence-corrected chi connectivity index (χ0v) is 10.9. The molecule has 1 aromatic carbocycles. The maximum atomic E-state index is 12.1. The molecular weight excluding hydrogens is 270 g/mol. The van der Waals surface area contributed by atoms with E-state index in [0.29, 0.717) is 11.3 Å². The van der Waals surface area contributed by atoms with Gasteiger partial charge in [-0.25, -0.2) is 8.78 Å². The molecule has 2 aromatic rings. The van der Waals surface area contributed by atoms with Gasteiger partial charge in [-0.1, -0.05) is 11.2 Å². The number of hydrogen-bond acceptors (Lipinski definition) is 5. The van der Waals surface area contributed by atoms with Gasteiger partial charge in [-0.2, -0.15) is 4.98 Å². The molecule has 106 valence electrons. The number of rotatable bonds is 5. The summed E-state index contributed by atoms with van der Waals surface area (Å²) in [7, 11) is 1.50. The van der Waals surface area contributed by atoms with Gasteiger partial charge in [-0.05, 0) is 24.6 Å². The van der Waals surface area contributed by atoms with Crippen molar-refractivity contribution in [1.82, 2.24) is 10.1 Å². The maximum Gasteiger partial charge on any atom is 0.296 e. The third-order valence-corrected chi connectivity index (χ3v) is 2.63. The van der Waals surface area contributed by atoms with Crippen molar-refractivity contribution in [2.45, 2.75) is 19.8 Å². The van der Waals surface area contributed by atoms with Gasteiger partial charge in [0.05, 0.1) is 19.1 Å². The fourth-order valence-corrected chi connectivity index (χ4v) is 1.65. The SMILES string of the molecule is COc1cc(C)ccc1-c1noc(CC(=O)C(F)F)n1. The molecule has 1 heterocycles. The smallest absolute Gasteiger partial charge is 0.296 e. The van der Waals surface area contributed by atoms with Crippen molar-refractivity contribution in [3.63, 3.8) is 0 Å². The van der Waals surface area contributed by atoms with Crippen LogP contribution in [0.15, 0.2) is 22.7 Å². The number of aromatic nitrogens is 2. The highest BCUT2D eigenvalue weighted by Gasteiger charge is 2.20. The van der Waals surface area contributed by atoms with Crippen molar-refractivity contribution in [3.8, 4) is 17.1 Å². The first kappa shape index (κ1) is 14.1. The number of carbonyl (C=O) groups excluding carboxylic acids is 1. The molecule has 0 N–H and O–H groups in total. The highest BCUT2D eigenvalue weighted by molar-refractivity contribution is 5.83. The predicted molar refractivity (Wildman–Crippen MR) is 65.7 cm³/mol. The summed E-state index contributed by atoms with van der Waals surface area (Å²) in [6, 6.07) is 5.35. The van der Waals surface area contributed by atoms with Gasteiger partial charge in [0.1, 0.15) is 5.75 Å². The van der Waals surface area contributed by atoms with Gasteiger partial charge in [-0.3, -0.25) is 4.79 Å². The number of methoxy groups -OCH3 is 1. The first-order valence-electron chi connectivity index (χ1n) is 5.79. The molecule has 0 fully saturated rings. The predicted octanol–water partition coefficient (Wildman–Crippen LogP) is 2.43. The van der Waals surface area contributed by atoms with Crippen molar-refractivity contribution >= 4 is 5.78 Å². The molecule has 0 atom stereocenters. The molecule has 2 rings (SSSR count). The van der Waals surface area contributed by atoms with Crippen LogP contribution in [0.2, 0.25) is 0 Å². The van der Waals surface area contributed by atoms with Crippen LogP contribution >= 0.6 is 0 Å². The van der Waals surface area contributed by atoms with Crippen molar-refractivity contribution in [2.75, 3.05) is 7.11 Å². The van der Waals surface area contributed by atoms with Crippen molar-refractivity contribution < 1.29 is 22.8 Å². The van der Waals surface area contributed by atoms with Crippen LogP contribution in [-0.4, -0.2) is 29.5 Å². The fraction of sp³-hybridized carbons (Fsp3) is 0.308. The molecule has 7 heteroatoms. The van der Waals surface area contributed by atoms with E-state index in [9.17, 15) is 13.6 Å². The summed E-state index contributed by atoms with van der Waals surface area (Å²) >= 11 is 0. The molecule has 0 aliphatic carbocycles. The van der Waals surface area contributed by atoms with Crippen molar-refractivity contribution in [2.24, 2.45) is 0 Å². The van der Waals surface area contributed by atoms with Gasteiger partial charge in [0.25, 0.3) is 6.43 Å². The van der Waals surface area contributed by atoms with Crippen LogP contribution in [0.4, 0.5) is 8.78 Å². The van der Waals surface area contributed by atoms with Gasteiger partial charge in [0, 0.05) is 0 Å². The second-order valence-corrected chi connectivity index (χ2v) is 4.16. The Labute approximate surface area is 113 Å². The molecule has 0 spiro atoms. The summed E-state index contributed by atoms with van der Waals surface area (Å²) < 4.78 is 34.3. The van der Waals surface area contributed by atoms with Crippen LogP contribution in [0.1, 0.15) is 11.5 Å². The van der Waals surface area contributed by atoms with Crippen molar-refractivity contribution in [1.29, 1.82) is 0 Å². The minimum atomic E-state index is -3.04. The van der Waals surface area contributed by atoms with Crippen molar-refractivity contribution in [3.05, 3.63) is 29.7 Å². The average molecular weight is 282 g/mol. The summed E-state index contributed by atoms with van der Waals surface area (Å²) in [5.41, 5.74) is 1.56. The van der Waals surface area contributed by atoms with Gasteiger partial charge in [0.2, 0.25) is 17.5 Å². The van der Waals surface area contributed by atoms with E-state index in [1.807, 2.05) is 13.0 Å². The van der Waals surface area contributed by atoms with Crippen LogP contribution in [0.5, 0.6) is 5.75 Å². The third-order valence-electron chi connectivity index (χ3n) is 2.63.